The van der Waals surface area contributed by atoms with Gasteiger partial charge in [0.05, 0.1) is 6.61 Å². The largest absolute Gasteiger partial charge is 0.463 e. The molecule has 5 heteroatoms. The first-order valence-electron chi connectivity index (χ1n) is 5.07. The number of nitrogen functional groups attached to an aromatic ring is 1. The third-order valence-corrected chi connectivity index (χ3v) is 3.06. The van der Waals surface area contributed by atoms with Crippen molar-refractivity contribution in [3.05, 3.63) is 36.2 Å². The van der Waals surface area contributed by atoms with Crippen LogP contribution in [0.5, 0.6) is 0 Å². The van der Waals surface area contributed by atoms with Gasteiger partial charge in [0.25, 0.3) is 0 Å². The Bertz CT molecular complexity index is 435. The summed E-state index contributed by atoms with van der Waals surface area (Å²) in [6.45, 7) is 5.62. The minimum Gasteiger partial charge on any atom is -0.463 e. The first-order chi connectivity index (χ1) is 8.04. The summed E-state index contributed by atoms with van der Waals surface area (Å²) < 4.78 is 18.2. The Morgan fingerprint density at radius 1 is 1.59 bits per heavy atom. The van der Waals surface area contributed by atoms with Gasteiger partial charge in [0.2, 0.25) is 0 Å². The Morgan fingerprint density at radius 3 is 2.88 bits per heavy atom. The molecule has 0 heterocycles. The highest BCUT2D eigenvalue weighted by molar-refractivity contribution is 7.99. The summed E-state index contributed by atoms with van der Waals surface area (Å²) >= 11 is 1.19. The van der Waals surface area contributed by atoms with Crippen LogP contribution in [0.25, 0.3) is 0 Å². The molecule has 1 rings (SSSR count). The molecule has 3 nitrogen and oxygen atoms in total. The zero-order valence-corrected chi connectivity index (χ0v) is 10.3. The van der Waals surface area contributed by atoms with Crippen LogP contribution in [0, 0.1) is 5.82 Å². The van der Waals surface area contributed by atoms with Crippen molar-refractivity contribution in [2.75, 3.05) is 18.1 Å². The van der Waals surface area contributed by atoms with Crippen molar-refractivity contribution in [3.63, 3.8) is 0 Å². The van der Waals surface area contributed by atoms with Gasteiger partial charge < -0.3 is 10.5 Å². The highest BCUT2D eigenvalue weighted by Gasteiger charge is 2.10. The molecule has 2 N–H and O–H groups in total. The number of ether oxygens (including phenoxy) is 1. The molecule has 0 radical (unpaired) electrons. The molecule has 92 valence electrons. The topological polar surface area (TPSA) is 52.3 Å². The Morgan fingerprint density at radius 2 is 2.29 bits per heavy atom. The average Bonchev–Trinajstić information content (AvgIpc) is 2.27. The summed E-state index contributed by atoms with van der Waals surface area (Å²) in [6, 6.07) is 4.43. The van der Waals surface area contributed by atoms with Gasteiger partial charge in [-0.05, 0) is 25.1 Å². The molecule has 0 aliphatic heterocycles. The molecule has 0 aliphatic carbocycles. The van der Waals surface area contributed by atoms with Crippen LogP contribution in [-0.2, 0) is 9.53 Å². The van der Waals surface area contributed by atoms with E-state index >= 15 is 0 Å². The number of carbonyl (C=O) groups excluding carboxylic acids is 1. The molecule has 0 unspecified atom stereocenters. The average molecular weight is 255 g/mol. The van der Waals surface area contributed by atoms with Crippen molar-refractivity contribution in [1.82, 2.24) is 0 Å². The fourth-order valence-electron chi connectivity index (χ4n) is 1.09. The number of carbonyl (C=O) groups is 1. The summed E-state index contributed by atoms with van der Waals surface area (Å²) in [4.78, 5) is 11.7. The Kier molecular flexibility index (Phi) is 5.03. The number of hydrogen-bond donors (Lipinski definition) is 1. The normalized spacial score (nSPS) is 10.0. The molecule has 1 aromatic carbocycles. The van der Waals surface area contributed by atoms with Crippen LogP contribution in [-0.4, -0.2) is 18.3 Å². The molecule has 0 bridgehead atoms. The number of esters is 1. The minimum atomic E-state index is -0.448. The summed E-state index contributed by atoms with van der Waals surface area (Å²) in [5.74, 6) is -0.554. The van der Waals surface area contributed by atoms with Crippen molar-refractivity contribution >= 4 is 23.4 Å². The van der Waals surface area contributed by atoms with Crippen molar-refractivity contribution < 1.29 is 13.9 Å². The lowest BCUT2D eigenvalue weighted by molar-refractivity contribution is -0.138. The molecule has 17 heavy (non-hydrogen) atoms. The van der Waals surface area contributed by atoms with Gasteiger partial charge in [-0.25, -0.2) is 9.18 Å². The van der Waals surface area contributed by atoms with Crippen LogP contribution in [0.2, 0.25) is 0 Å². The lowest BCUT2D eigenvalue weighted by Crippen LogP contribution is -2.08. The molecule has 0 aliphatic rings. The van der Waals surface area contributed by atoms with Gasteiger partial charge in [0.1, 0.15) is 5.82 Å². The standard InChI is InChI=1S/C12H14FNO2S/c1-3-16-12(15)8(2)7-17-11-5-4-9(14)6-10(11)13/h4-6H,2-3,7,14H2,1H3. The Hall–Kier alpha value is -1.49. The van der Waals surface area contributed by atoms with Gasteiger partial charge in [-0.2, -0.15) is 0 Å². The summed E-state index contributed by atoms with van der Waals surface area (Å²) in [5, 5.41) is 0. The summed E-state index contributed by atoms with van der Waals surface area (Å²) in [5.41, 5.74) is 6.11. The predicted molar refractivity (Wildman–Crippen MR) is 67.3 cm³/mol. The van der Waals surface area contributed by atoms with E-state index in [0.29, 0.717) is 28.5 Å². The second kappa shape index (κ2) is 6.30. The van der Waals surface area contributed by atoms with Gasteiger partial charge in [-0.1, -0.05) is 6.58 Å². The van der Waals surface area contributed by atoms with Crippen molar-refractivity contribution in [2.45, 2.75) is 11.8 Å². The summed E-state index contributed by atoms with van der Waals surface area (Å²) in [7, 11) is 0. The maximum absolute atomic E-state index is 13.4. The van der Waals surface area contributed by atoms with Crippen molar-refractivity contribution in [2.24, 2.45) is 0 Å². The van der Waals surface area contributed by atoms with Crippen LogP contribution in [0.3, 0.4) is 0 Å². The third kappa shape index (κ3) is 4.11. The maximum atomic E-state index is 13.4. The molecular weight excluding hydrogens is 241 g/mol. The van der Waals surface area contributed by atoms with E-state index in [2.05, 4.69) is 6.58 Å². The highest BCUT2D eigenvalue weighted by Crippen LogP contribution is 2.25. The monoisotopic (exact) mass is 255 g/mol. The molecule has 0 fully saturated rings. The third-order valence-electron chi connectivity index (χ3n) is 1.92. The lowest BCUT2D eigenvalue weighted by atomic mass is 10.3. The molecule has 0 saturated heterocycles. The van der Waals surface area contributed by atoms with E-state index in [1.165, 1.54) is 17.8 Å². The fourth-order valence-corrected chi connectivity index (χ4v) is 1.90. The number of anilines is 1. The van der Waals surface area contributed by atoms with Crippen molar-refractivity contribution in [3.8, 4) is 0 Å². The van der Waals surface area contributed by atoms with Crippen LogP contribution in [0.4, 0.5) is 10.1 Å². The number of rotatable bonds is 5. The Labute approximate surface area is 104 Å². The SMILES string of the molecule is C=C(CSc1ccc(N)cc1F)C(=O)OCC. The van der Waals surface area contributed by atoms with Crippen LogP contribution in [0.1, 0.15) is 6.92 Å². The number of benzene rings is 1. The number of nitrogens with two attached hydrogens (primary N) is 1. The lowest BCUT2D eigenvalue weighted by Gasteiger charge is -2.06. The van der Waals surface area contributed by atoms with E-state index < -0.39 is 11.8 Å². The van der Waals surface area contributed by atoms with E-state index in [0.717, 1.165) is 0 Å². The van der Waals surface area contributed by atoms with E-state index in [1.54, 1.807) is 19.1 Å². The number of hydrogen-bond acceptors (Lipinski definition) is 4. The highest BCUT2D eigenvalue weighted by atomic mass is 32.2. The smallest absolute Gasteiger partial charge is 0.334 e. The van der Waals surface area contributed by atoms with Gasteiger partial charge in [-0.15, -0.1) is 11.8 Å². The molecular formula is C12H14FNO2S. The summed E-state index contributed by atoms with van der Waals surface area (Å²) in [6.07, 6.45) is 0. The van der Waals surface area contributed by atoms with Crippen LogP contribution < -0.4 is 5.73 Å². The Balaban J connectivity index is 2.56. The molecule has 0 amide bonds. The fraction of sp³-hybridized carbons (Fsp3) is 0.250. The second-order valence-electron chi connectivity index (χ2n) is 3.30. The van der Waals surface area contributed by atoms with Gasteiger partial charge in [0.15, 0.2) is 0 Å². The van der Waals surface area contributed by atoms with Crippen LogP contribution in [0.15, 0.2) is 35.2 Å². The number of halogens is 1. The van der Waals surface area contributed by atoms with Gasteiger partial charge in [0, 0.05) is 21.9 Å². The first kappa shape index (κ1) is 13.6. The molecule has 0 saturated carbocycles. The zero-order valence-electron chi connectivity index (χ0n) is 9.53. The predicted octanol–water partition coefficient (Wildman–Crippen LogP) is 2.62. The van der Waals surface area contributed by atoms with E-state index in [-0.39, 0.29) is 0 Å². The van der Waals surface area contributed by atoms with Gasteiger partial charge >= 0.3 is 5.97 Å². The molecule has 0 spiro atoms. The molecule has 0 atom stereocenters. The molecule has 0 aromatic heterocycles. The van der Waals surface area contributed by atoms with E-state index in [4.69, 9.17) is 10.5 Å². The maximum Gasteiger partial charge on any atom is 0.334 e. The zero-order chi connectivity index (χ0) is 12.8. The van der Waals surface area contributed by atoms with Crippen molar-refractivity contribution in [1.29, 1.82) is 0 Å². The van der Waals surface area contributed by atoms with Crippen LogP contribution >= 0.6 is 11.8 Å². The minimum absolute atomic E-state index is 0.291. The quantitative estimate of drug-likeness (QED) is 0.380. The van der Waals surface area contributed by atoms with Gasteiger partial charge in [-0.3, -0.25) is 0 Å². The molecule has 1 aromatic rings. The number of thioether (sulfide) groups is 1. The van der Waals surface area contributed by atoms with E-state index in [9.17, 15) is 9.18 Å². The van der Waals surface area contributed by atoms with E-state index in [1.807, 2.05) is 0 Å². The second-order valence-corrected chi connectivity index (χ2v) is 4.32. The first-order valence-corrected chi connectivity index (χ1v) is 6.06.